The summed E-state index contributed by atoms with van der Waals surface area (Å²) in [5, 5.41) is 0.881. The van der Waals surface area contributed by atoms with Gasteiger partial charge in [-0.25, -0.2) is 4.58 Å². The van der Waals surface area contributed by atoms with E-state index in [0.717, 1.165) is 64.2 Å². The maximum absolute atomic E-state index is 6.57. The Morgan fingerprint density at radius 1 is 1.11 bits per heavy atom. The van der Waals surface area contributed by atoms with Crippen molar-refractivity contribution in [1.82, 2.24) is 4.90 Å². The number of nitrogens with zero attached hydrogens (tertiary/aromatic N) is 2. The third-order valence-electron chi connectivity index (χ3n) is 3.76. The molecule has 0 unspecified atom stereocenters. The van der Waals surface area contributed by atoms with Gasteiger partial charge in [0.15, 0.2) is 13.1 Å². The Labute approximate surface area is 120 Å². The van der Waals surface area contributed by atoms with Crippen LogP contribution >= 0.6 is 11.6 Å². The molecule has 2 heterocycles. The summed E-state index contributed by atoms with van der Waals surface area (Å²) in [5.74, 6) is 0. The standard InChI is InChI=1S/C14H24ClN2O2/c1-3-13(16-4-8-18-9-5-16)12(2)14(15)17-6-10-19-11-7-17/h3-11H2,1-2H3/q+1. The van der Waals surface area contributed by atoms with Crippen LogP contribution in [0.5, 0.6) is 0 Å². The molecule has 5 heteroatoms. The number of ether oxygens (including phenoxy) is 2. The van der Waals surface area contributed by atoms with Gasteiger partial charge in [0.25, 0.3) is 5.17 Å². The van der Waals surface area contributed by atoms with E-state index in [1.165, 1.54) is 11.3 Å². The first-order valence-corrected chi connectivity index (χ1v) is 7.49. The molecule has 0 aromatic heterocycles. The van der Waals surface area contributed by atoms with Crippen molar-refractivity contribution in [3.63, 3.8) is 0 Å². The highest BCUT2D eigenvalue weighted by Crippen LogP contribution is 2.19. The first-order chi connectivity index (χ1) is 9.24. The quantitative estimate of drug-likeness (QED) is 0.739. The molecule has 108 valence electrons. The number of hydrogen-bond acceptors (Lipinski definition) is 3. The molecule has 0 aromatic carbocycles. The number of rotatable bonds is 3. The molecule has 4 nitrogen and oxygen atoms in total. The molecule has 0 atom stereocenters. The Hall–Kier alpha value is -0.580. The molecule has 2 saturated heterocycles. The maximum Gasteiger partial charge on any atom is 0.274 e. The fourth-order valence-corrected chi connectivity index (χ4v) is 2.95. The zero-order chi connectivity index (χ0) is 13.7. The topological polar surface area (TPSA) is 24.7 Å². The highest BCUT2D eigenvalue weighted by atomic mass is 35.5. The predicted molar refractivity (Wildman–Crippen MR) is 77.1 cm³/mol. The maximum atomic E-state index is 6.57. The van der Waals surface area contributed by atoms with E-state index < -0.39 is 0 Å². The van der Waals surface area contributed by atoms with E-state index in [-0.39, 0.29) is 0 Å². The molecule has 0 saturated carbocycles. The first-order valence-electron chi connectivity index (χ1n) is 7.12. The monoisotopic (exact) mass is 287 g/mol. The summed E-state index contributed by atoms with van der Waals surface area (Å²) in [4.78, 5) is 2.40. The van der Waals surface area contributed by atoms with Crippen molar-refractivity contribution in [2.75, 3.05) is 52.6 Å². The molecule has 0 amide bonds. The van der Waals surface area contributed by atoms with Gasteiger partial charge in [-0.3, -0.25) is 0 Å². The van der Waals surface area contributed by atoms with Gasteiger partial charge >= 0.3 is 0 Å². The Kier molecular flexibility index (Phi) is 5.67. The SMILES string of the molecule is CC/C(=C(\C)C(Cl)=[N+]1CCOCC1)N1CCOCC1. The van der Waals surface area contributed by atoms with Crippen molar-refractivity contribution in [1.29, 1.82) is 0 Å². The third-order valence-corrected chi connectivity index (χ3v) is 4.28. The third kappa shape index (κ3) is 3.71. The minimum Gasteiger partial charge on any atom is -0.378 e. The lowest BCUT2D eigenvalue weighted by molar-refractivity contribution is -0.546. The van der Waals surface area contributed by atoms with Crippen molar-refractivity contribution < 1.29 is 14.0 Å². The number of hydrogen-bond donors (Lipinski definition) is 0. The number of allylic oxidation sites excluding steroid dienone is 2. The molecule has 0 bridgehead atoms. The van der Waals surface area contributed by atoms with Crippen LogP contribution in [0.25, 0.3) is 0 Å². The lowest BCUT2D eigenvalue weighted by Gasteiger charge is -2.31. The molecule has 0 radical (unpaired) electrons. The average molecular weight is 288 g/mol. The van der Waals surface area contributed by atoms with Gasteiger partial charge in [-0.15, -0.1) is 0 Å². The van der Waals surface area contributed by atoms with Crippen molar-refractivity contribution >= 4 is 16.8 Å². The highest BCUT2D eigenvalue weighted by Gasteiger charge is 2.23. The smallest absolute Gasteiger partial charge is 0.274 e. The Morgan fingerprint density at radius 2 is 1.68 bits per heavy atom. The minimum absolute atomic E-state index is 0.766. The van der Waals surface area contributed by atoms with Gasteiger partial charge < -0.3 is 14.4 Å². The summed E-state index contributed by atoms with van der Waals surface area (Å²) < 4.78 is 13.0. The minimum atomic E-state index is 0.766. The Balaban J connectivity index is 2.20. The van der Waals surface area contributed by atoms with Gasteiger partial charge in [-0.2, -0.15) is 0 Å². The zero-order valence-corrected chi connectivity index (χ0v) is 12.7. The lowest BCUT2D eigenvalue weighted by Crippen LogP contribution is -2.37. The van der Waals surface area contributed by atoms with E-state index in [2.05, 4.69) is 23.3 Å². The summed E-state index contributed by atoms with van der Waals surface area (Å²) in [5.41, 5.74) is 2.55. The van der Waals surface area contributed by atoms with Gasteiger partial charge in [0.2, 0.25) is 0 Å². The molecule has 2 aliphatic rings. The van der Waals surface area contributed by atoms with Crippen molar-refractivity contribution in [3.05, 3.63) is 11.3 Å². The van der Waals surface area contributed by atoms with Gasteiger partial charge in [-0.1, -0.05) is 6.92 Å². The molecule has 0 spiro atoms. The molecule has 2 aliphatic heterocycles. The molecule has 0 aromatic rings. The van der Waals surface area contributed by atoms with Crippen LogP contribution in [0.4, 0.5) is 0 Å². The second-order valence-electron chi connectivity index (χ2n) is 4.91. The van der Waals surface area contributed by atoms with Crippen LogP contribution in [0.2, 0.25) is 0 Å². The summed E-state index contributed by atoms with van der Waals surface area (Å²) in [6.45, 7) is 11.2. The van der Waals surface area contributed by atoms with Crippen molar-refractivity contribution in [3.8, 4) is 0 Å². The van der Waals surface area contributed by atoms with E-state index in [0.29, 0.717) is 0 Å². The van der Waals surface area contributed by atoms with Gasteiger partial charge in [-0.05, 0) is 24.9 Å². The molecule has 2 rings (SSSR count). The predicted octanol–water partition coefficient (Wildman–Crippen LogP) is 1.68. The van der Waals surface area contributed by atoms with E-state index in [9.17, 15) is 0 Å². The number of morpholine rings is 2. The van der Waals surface area contributed by atoms with Crippen molar-refractivity contribution in [2.45, 2.75) is 20.3 Å². The van der Waals surface area contributed by atoms with Gasteiger partial charge in [0, 0.05) is 18.8 Å². The Morgan fingerprint density at radius 3 is 2.26 bits per heavy atom. The Bertz CT molecular complexity index is 366. The van der Waals surface area contributed by atoms with Crippen LogP contribution in [0.1, 0.15) is 20.3 Å². The summed E-state index contributed by atoms with van der Waals surface area (Å²) in [6.07, 6.45) is 1.01. The van der Waals surface area contributed by atoms with Crippen LogP contribution in [0.3, 0.4) is 0 Å². The largest absolute Gasteiger partial charge is 0.378 e. The van der Waals surface area contributed by atoms with Gasteiger partial charge in [0.1, 0.15) is 13.2 Å². The van der Waals surface area contributed by atoms with E-state index >= 15 is 0 Å². The van der Waals surface area contributed by atoms with Crippen LogP contribution in [0.15, 0.2) is 11.3 Å². The van der Waals surface area contributed by atoms with Crippen LogP contribution < -0.4 is 0 Å². The summed E-state index contributed by atoms with van der Waals surface area (Å²) in [7, 11) is 0. The van der Waals surface area contributed by atoms with E-state index in [1.807, 2.05) is 0 Å². The molecular formula is C14H24ClN2O2+. The molecule has 19 heavy (non-hydrogen) atoms. The van der Waals surface area contributed by atoms with Crippen LogP contribution in [-0.4, -0.2) is 67.3 Å². The van der Waals surface area contributed by atoms with Gasteiger partial charge in [0.05, 0.1) is 18.8 Å². The first kappa shape index (κ1) is 14.8. The number of halogens is 1. The van der Waals surface area contributed by atoms with Crippen LogP contribution in [0, 0.1) is 0 Å². The summed E-state index contributed by atoms with van der Waals surface area (Å²) >= 11 is 6.57. The fourth-order valence-electron chi connectivity index (χ4n) is 2.68. The summed E-state index contributed by atoms with van der Waals surface area (Å²) in [6, 6.07) is 0. The van der Waals surface area contributed by atoms with E-state index in [4.69, 9.17) is 21.1 Å². The second kappa shape index (κ2) is 7.27. The fraction of sp³-hybridized carbons (Fsp3) is 0.786. The molecule has 2 fully saturated rings. The average Bonchev–Trinajstić information content (AvgIpc) is 2.49. The van der Waals surface area contributed by atoms with Crippen LogP contribution in [-0.2, 0) is 9.47 Å². The molecular weight excluding hydrogens is 264 g/mol. The second-order valence-corrected chi connectivity index (χ2v) is 5.27. The van der Waals surface area contributed by atoms with E-state index in [1.54, 1.807) is 0 Å². The molecule has 0 N–H and O–H groups in total. The zero-order valence-electron chi connectivity index (χ0n) is 12.0. The van der Waals surface area contributed by atoms with Crippen molar-refractivity contribution in [2.24, 2.45) is 0 Å². The highest BCUT2D eigenvalue weighted by molar-refractivity contribution is 6.68. The normalized spacial score (nSPS) is 22.3. The molecule has 0 aliphatic carbocycles. The lowest BCUT2D eigenvalue weighted by atomic mass is 10.1.